The summed E-state index contributed by atoms with van der Waals surface area (Å²) in [6.45, 7) is -0.647. The normalized spacial score (nSPS) is 14.3. The number of nitro groups is 2. The van der Waals surface area contributed by atoms with Gasteiger partial charge >= 0.3 is 6.18 Å². The predicted molar refractivity (Wildman–Crippen MR) is 88.5 cm³/mol. The molecule has 0 unspecified atom stereocenters. The molecule has 0 atom stereocenters. The van der Waals surface area contributed by atoms with Crippen molar-refractivity contribution in [3.8, 4) is 0 Å². The summed E-state index contributed by atoms with van der Waals surface area (Å²) < 4.78 is 39.7. The van der Waals surface area contributed by atoms with Crippen LogP contribution in [0.1, 0.15) is 42.4 Å². The number of halogens is 3. The molecule has 1 saturated carbocycles. The second-order valence-corrected chi connectivity index (χ2v) is 6.41. The van der Waals surface area contributed by atoms with E-state index in [9.17, 15) is 33.4 Å². The highest BCUT2D eigenvalue weighted by atomic mass is 19.4. The Morgan fingerprint density at radius 3 is 1.81 bits per heavy atom. The average molecular weight is 375 g/mol. The molecule has 0 radical (unpaired) electrons. The third kappa shape index (κ3) is 6.16. The zero-order valence-electron chi connectivity index (χ0n) is 14.1. The maximum Gasteiger partial charge on any atom is 0.416 e. The Balaban J connectivity index is 2.32. The number of hydrogen-bond acceptors (Lipinski definition) is 5. The summed E-state index contributed by atoms with van der Waals surface area (Å²) in [6, 6.07) is 2.24. The van der Waals surface area contributed by atoms with Gasteiger partial charge in [-0.2, -0.15) is 13.2 Å². The van der Waals surface area contributed by atoms with Crippen molar-refractivity contribution in [3.05, 3.63) is 49.1 Å². The molecule has 0 aliphatic heterocycles. The van der Waals surface area contributed by atoms with Gasteiger partial charge in [-0.1, -0.05) is 0 Å². The molecule has 144 valence electrons. The first-order valence-electron chi connectivity index (χ1n) is 8.40. The molecule has 0 bridgehead atoms. The minimum Gasteiger partial charge on any atom is -0.382 e. The number of benzene rings is 1. The summed E-state index contributed by atoms with van der Waals surface area (Å²) in [5.41, 5.74) is 0.479. The molecule has 1 aromatic rings. The molecule has 1 fully saturated rings. The lowest BCUT2D eigenvalue weighted by molar-refractivity contribution is -0.480. The van der Waals surface area contributed by atoms with Gasteiger partial charge in [-0.15, -0.1) is 0 Å². The van der Waals surface area contributed by atoms with Crippen molar-refractivity contribution in [2.24, 2.45) is 0 Å². The summed E-state index contributed by atoms with van der Waals surface area (Å²) in [5, 5.41) is 24.2. The van der Waals surface area contributed by atoms with Gasteiger partial charge in [0.05, 0.1) is 5.56 Å². The SMILES string of the molecule is O=[N+]([O-])CCCc1cc(C(F)(F)F)cc(CCC[N+](=O)[O-])c1NC1CC1. The fourth-order valence-electron chi connectivity index (χ4n) is 2.74. The van der Waals surface area contributed by atoms with E-state index in [2.05, 4.69) is 5.32 Å². The number of anilines is 1. The number of aryl methyl sites for hydroxylation is 2. The van der Waals surface area contributed by atoms with Gasteiger partial charge in [-0.3, -0.25) is 20.2 Å². The second kappa shape index (κ2) is 8.33. The fraction of sp³-hybridized carbons (Fsp3) is 0.625. The molecular weight excluding hydrogens is 355 g/mol. The highest BCUT2D eigenvalue weighted by Crippen LogP contribution is 2.37. The van der Waals surface area contributed by atoms with Crippen molar-refractivity contribution in [3.63, 3.8) is 0 Å². The zero-order chi connectivity index (χ0) is 19.3. The van der Waals surface area contributed by atoms with E-state index in [1.54, 1.807) is 0 Å². The molecule has 2 rings (SSSR count). The summed E-state index contributed by atoms with van der Waals surface area (Å²) in [7, 11) is 0. The van der Waals surface area contributed by atoms with E-state index >= 15 is 0 Å². The summed E-state index contributed by atoms with van der Waals surface area (Å²) in [4.78, 5) is 20.0. The van der Waals surface area contributed by atoms with Crippen LogP contribution in [0.5, 0.6) is 0 Å². The Morgan fingerprint density at radius 1 is 1.00 bits per heavy atom. The van der Waals surface area contributed by atoms with Gasteiger partial charge in [-0.05, 0) is 48.9 Å². The first-order valence-corrected chi connectivity index (χ1v) is 8.40. The highest BCUT2D eigenvalue weighted by Gasteiger charge is 2.33. The van der Waals surface area contributed by atoms with Gasteiger partial charge in [0.2, 0.25) is 13.1 Å². The van der Waals surface area contributed by atoms with Crippen LogP contribution in [0.3, 0.4) is 0 Å². The molecule has 0 spiro atoms. The minimum atomic E-state index is -4.55. The fourth-order valence-corrected chi connectivity index (χ4v) is 2.74. The van der Waals surface area contributed by atoms with Crippen LogP contribution in [-0.4, -0.2) is 29.0 Å². The molecule has 1 aliphatic rings. The summed E-state index contributed by atoms with van der Waals surface area (Å²) in [6.07, 6.45) is -2.20. The Hall–Kier alpha value is -2.39. The Kier molecular flexibility index (Phi) is 6.38. The van der Waals surface area contributed by atoms with Crippen molar-refractivity contribution in [1.29, 1.82) is 0 Å². The maximum atomic E-state index is 13.2. The number of nitrogens with zero attached hydrogens (tertiary/aromatic N) is 2. The van der Waals surface area contributed by atoms with Gasteiger partial charge in [0.25, 0.3) is 0 Å². The standard InChI is InChI=1S/C16H20F3N3O4/c17-16(18,19)13-9-11(3-1-7-21(23)24)15(20-14-5-6-14)12(10-13)4-2-8-22(25)26/h9-10,14,20H,1-8H2. The summed E-state index contributed by atoms with van der Waals surface area (Å²) >= 11 is 0. The molecule has 0 saturated heterocycles. The molecule has 0 heterocycles. The van der Waals surface area contributed by atoms with Gasteiger partial charge in [0, 0.05) is 34.4 Å². The van der Waals surface area contributed by atoms with Crippen LogP contribution in [0.25, 0.3) is 0 Å². The second-order valence-electron chi connectivity index (χ2n) is 6.41. The third-order valence-corrected chi connectivity index (χ3v) is 4.13. The van der Waals surface area contributed by atoms with Gasteiger partial charge in [0.1, 0.15) is 0 Å². The van der Waals surface area contributed by atoms with Crippen molar-refractivity contribution >= 4 is 5.69 Å². The molecule has 10 heteroatoms. The molecule has 26 heavy (non-hydrogen) atoms. The lowest BCUT2D eigenvalue weighted by Crippen LogP contribution is -2.14. The van der Waals surface area contributed by atoms with E-state index < -0.39 is 21.6 Å². The molecule has 1 aromatic carbocycles. The third-order valence-electron chi connectivity index (χ3n) is 4.13. The smallest absolute Gasteiger partial charge is 0.382 e. The Bertz CT molecular complexity index is 634. The molecule has 7 nitrogen and oxygen atoms in total. The number of hydrogen-bond donors (Lipinski definition) is 1. The first-order chi connectivity index (χ1) is 12.2. The number of nitrogens with one attached hydrogen (secondary N) is 1. The monoisotopic (exact) mass is 375 g/mol. The van der Waals surface area contributed by atoms with Crippen LogP contribution in [0.2, 0.25) is 0 Å². The van der Waals surface area contributed by atoms with Gasteiger partial charge in [-0.25, -0.2) is 0 Å². The van der Waals surface area contributed by atoms with Crippen molar-refractivity contribution in [2.45, 2.75) is 50.7 Å². The molecule has 0 aromatic heterocycles. The lowest BCUT2D eigenvalue weighted by atomic mass is 9.96. The quantitative estimate of drug-likeness (QED) is 0.497. The van der Waals surface area contributed by atoms with Crippen molar-refractivity contribution in [2.75, 3.05) is 18.4 Å². The number of alkyl halides is 3. The van der Waals surface area contributed by atoms with E-state index in [1.165, 1.54) is 0 Å². The summed E-state index contributed by atoms with van der Waals surface area (Å²) in [5.74, 6) is 0. The van der Waals surface area contributed by atoms with E-state index in [0.717, 1.165) is 25.0 Å². The van der Waals surface area contributed by atoms with E-state index in [4.69, 9.17) is 0 Å². The Labute approximate surface area is 147 Å². The van der Waals surface area contributed by atoms with Crippen LogP contribution in [0, 0.1) is 20.2 Å². The first kappa shape index (κ1) is 19.9. The molecule has 1 N–H and O–H groups in total. The maximum absolute atomic E-state index is 13.2. The van der Waals surface area contributed by atoms with Gasteiger partial charge in [0.15, 0.2) is 0 Å². The van der Waals surface area contributed by atoms with Crippen LogP contribution in [0.4, 0.5) is 18.9 Å². The highest BCUT2D eigenvalue weighted by molar-refractivity contribution is 5.61. The van der Waals surface area contributed by atoms with Crippen LogP contribution < -0.4 is 5.32 Å². The Morgan fingerprint density at radius 2 is 1.46 bits per heavy atom. The van der Waals surface area contributed by atoms with E-state index in [0.29, 0.717) is 16.8 Å². The van der Waals surface area contributed by atoms with Crippen LogP contribution in [-0.2, 0) is 19.0 Å². The van der Waals surface area contributed by atoms with Crippen LogP contribution >= 0.6 is 0 Å². The topological polar surface area (TPSA) is 98.3 Å². The van der Waals surface area contributed by atoms with E-state index in [1.807, 2.05) is 0 Å². The molecule has 1 aliphatic carbocycles. The molecular formula is C16H20F3N3O4. The van der Waals surface area contributed by atoms with Crippen molar-refractivity contribution < 1.29 is 23.0 Å². The largest absolute Gasteiger partial charge is 0.416 e. The molecule has 0 amide bonds. The van der Waals surface area contributed by atoms with Crippen molar-refractivity contribution in [1.82, 2.24) is 0 Å². The predicted octanol–water partition coefficient (Wildman–Crippen LogP) is 3.70. The zero-order valence-corrected chi connectivity index (χ0v) is 14.1. The minimum absolute atomic E-state index is 0.127. The van der Waals surface area contributed by atoms with Crippen LogP contribution in [0.15, 0.2) is 12.1 Å². The van der Waals surface area contributed by atoms with Gasteiger partial charge < -0.3 is 5.32 Å². The lowest BCUT2D eigenvalue weighted by Gasteiger charge is -2.19. The average Bonchev–Trinajstić information content (AvgIpc) is 3.32. The van der Waals surface area contributed by atoms with E-state index in [-0.39, 0.29) is 44.8 Å². The number of rotatable bonds is 10.